The molecule has 0 aliphatic heterocycles. The molecular formula is C12H12N6O2. The molecule has 0 spiro atoms. The van der Waals surface area contributed by atoms with Crippen molar-refractivity contribution in [2.24, 2.45) is 0 Å². The maximum Gasteiger partial charge on any atom is 0.358 e. The molecule has 0 unspecified atom stereocenters. The molecule has 0 bridgehead atoms. The molecule has 2 heterocycles. The summed E-state index contributed by atoms with van der Waals surface area (Å²) in [6.07, 6.45) is 1.35. The molecule has 2 rings (SSSR count). The van der Waals surface area contributed by atoms with Crippen LogP contribution in [0.1, 0.15) is 21.7 Å². The summed E-state index contributed by atoms with van der Waals surface area (Å²) in [6.45, 7) is 2.71. The van der Waals surface area contributed by atoms with Gasteiger partial charge in [0.25, 0.3) is 0 Å². The lowest BCUT2D eigenvalue weighted by Crippen LogP contribution is -2.13. The van der Waals surface area contributed by atoms with E-state index >= 15 is 0 Å². The fourth-order valence-electron chi connectivity index (χ4n) is 1.58. The lowest BCUT2D eigenvalue weighted by molar-refractivity contribution is 0.0690. The fraction of sp³-hybridized carbons (Fsp3) is 0.250. The van der Waals surface area contributed by atoms with Crippen LogP contribution in [-0.4, -0.2) is 37.6 Å². The SMILES string of the molecule is Cc1ccc(C#N)c(NCCn2cc(C(=O)O)nn2)n1. The van der Waals surface area contributed by atoms with Crippen molar-refractivity contribution >= 4 is 11.8 Å². The summed E-state index contributed by atoms with van der Waals surface area (Å²) in [5, 5.41) is 27.9. The summed E-state index contributed by atoms with van der Waals surface area (Å²) in [4.78, 5) is 14.9. The molecular weight excluding hydrogens is 260 g/mol. The highest BCUT2D eigenvalue weighted by molar-refractivity contribution is 5.84. The van der Waals surface area contributed by atoms with E-state index in [9.17, 15) is 4.79 Å². The van der Waals surface area contributed by atoms with Gasteiger partial charge in [-0.2, -0.15) is 5.26 Å². The van der Waals surface area contributed by atoms with Crippen molar-refractivity contribution in [1.29, 1.82) is 5.26 Å². The number of aromatic carboxylic acids is 1. The molecule has 20 heavy (non-hydrogen) atoms. The number of carboxylic acid groups (broad SMARTS) is 1. The molecule has 0 aromatic carbocycles. The number of nitrogens with one attached hydrogen (secondary N) is 1. The molecule has 0 aliphatic carbocycles. The number of anilines is 1. The molecule has 8 heteroatoms. The second-order valence-electron chi connectivity index (χ2n) is 4.06. The van der Waals surface area contributed by atoms with E-state index in [0.29, 0.717) is 24.5 Å². The third-order valence-corrected chi connectivity index (χ3v) is 2.55. The van der Waals surface area contributed by atoms with Gasteiger partial charge in [-0.15, -0.1) is 5.10 Å². The van der Waals surface area contributed by atoms with E-state index in [4.69, 9.17) is 10.4 Å². The molecule has 0 fully saturated rings. The average Bonchev–Trinajstić information content (AvgIpc) is 2.88. The second-order valence-corrected chi connectivity index (χ2v) is 4.06. The van der Waals surface area contributed by atoms with Crippen LogP contribution in [0.2, 0.25) is 0 Å². The Bertz CT molecular complexity index is 673. The van der Waals surface area contributed by atoms with Gasteiger partial charge in [0.2, 0.25) is 0 Å². The zero-order chi connectivity index (χ0) is 14.5. The predicted molar refractivity (Wildman–Crippen MR) is 69.2 cm³/mol. The Hall–Kier alpha value is -2.95. The van der Waals surface area contributed by atoms with Gasteiger partial charge in [-0.05, 0) is 19.1 Å². The molecule has 2 N–H and O–H groups in total. The highest BCUT2D eigenvalue weighted by atomic mass is 16.4. The van der Waals surface area contributed by atoms with E-state index in [-0.39, 0.29) is 5.69 Å². The molecule has 0 amide bonds. The van der Waals surface area contributed by atoms with Crippen molar-refractivity contribution in [3.63, 3.8) is 0 Å². The van der Waals surface area contributed by atoms with Gasteiger partial charge in [-0.3, -0.25) is 0 Å². The van der Waals surface area contributed by atoms with Crippen LogP contribution >= 0.6 is 0 Å². The average molecular weight is 272 g/mol. The Morgan fingerprint density at radius 1 is 1.55 bits per heavy atom. The van der Waals surface area contributed by atoms with Crippen molar-refractivity contribution in [2.45, 2.75) is 13.5 Å². The first-order chi connectivity index (χ1) is 9.60. The van der Waals surface area contributed by atoms with E-state index in [2.05, 4.69) is 26.7 Å². The number of aromatic nitrogens is 4. The van der Waals surface area contributed by atoms with Crippen molar-refractivity contribution in [2.75, 3.05) is 11.9 Å². The number of rotatable bonds is 5. The zero-order valence-electron chi connectivity index (χ0n) is 10.7. The fourth-order valence-corrected chi connectivity index (χ4v) is 1.58. The molecule has 0 radical (unpaired) electrons. The quantitative estimate of drug-likeness (QED) is 0.821. The molecule has 2 aromatic heterocycles. The summed E-state index contributed by atoms with van der Waals surface area (Å²) < 4.78 is 1.41. The smallest absolute Gasteiger partial charge is 0.358 e. The summed E-state index contributed by atoms with van der Waals surface area (Å²) in [5.74, 6) is -0.609. The lowest BCUT2D eigenvalue weighted by atomic mass is 10.2. The molecule has 0 saturated carbocycles. The van der Waals surface area contributed by atoms with Crippen molar-refractivity contribution < 1.29 is 9.90 Å². The van der Waals surface area contributed by atoms with Gasteiger partial charge in [-0.25, -0.2) is 14.5 Å². The Kier molecular flexibility index (Phi) is 3.91. The normalized spacial score (nSPS) is 10.0. The minimum Gasteiger partial charge on any atom is -0.476 e. The summed E-state index contributed by atoms with van der Waals surface area (Å²) in [5.41, 5.74) is 1.16. The van der Waals surface area contributed by atoms with Crippen molar-refractivity contribution in [3.05, 3.63) is 35.3 Å². The van der Waals surface area contributed by atoms with Gasteiger partial charge < -0.3 is 10.4 Å². The third-order valence-electron chi connectivity index (χ3n) is 2.55. The number of nitrogens with zero attached hydrogens (tertiary/aromatic N) is 5. The monoisotopic (exact) mass is 272 g/mol. The Labute approximate surface area is 114 Å². The maximum atomic E-state index is 10.7. The van der Waals surface area contributed by atoms with E-state index in [1.165, 1.54) is 10.9 Å². The highest BCUT2D eigenvalue weighted by Gasteiger charge is 2.08. The third kappa shape index (κ3) is 3.08. The molecule has 0 atom stereocenters. The van der Waals surface area contributed by atoms with Crippen LogP contribution < -0.4 is 5.32 Å². The Balaban J connectivity index is 1.97. The molecule has 102 valence electrons. The van der Waals surface area contributed by atoms with Gasteiger partial charge in [0.05, 0.1) is 18.3 Å². The van der Waals surface area contributed by atoms with Crippen molar-refractivity contribution in [3.8, 4) is 6.07 Å². The van der Waals surface area contributed by atoms with Crippen LogP contribution in [0.3, 0.4) is 0 Å². The maximum absolute atomic E-state index is 10.7. The van der Waals surface area contributed by atoms with E-state index in [0.717, 1.165) is 5.69 Å². The van der Waals surface area contributed by atoms with Crippen LogP contribution in [0, 0.1) is 18.3 Å². The number of carbonyl (C=O) groups is 1. The molecule has 0 aliphatic rings. The van der Waals surface area contributed by atoms with Crippen LogP contribution in [0.5, 0.6) is 0 Å². The zero-order valence-corrected chi connectivity index (χ0v) is 10.7. The van der Waals surface area contributed by atoms with Gasteiger partial charge in [0.15, 0.2) is 5.69 Å². The number of carboxylic acids is 1. The van der Waals surface area contributed by atoms with E-state index < -0.39 is 5.97 Å². The molecule has 2 aromatic rings. The highest BCUT2D eigenvalue weighted by Crippen LogP contribution is 2.11. The number of aryl methyl sites for hydroxylation is 1. The number of hydrogen-bond donors (Lipinski definition) is 2. The van der Waals surface area contributed by atoms with Crippen LogP contribution in [0.15, 0.2) is 18.3 Å². The first kappa shape index (κ1) is 13.5. The second kappa shape index (κ2) is 5.79. The lowest BCUT2D eigenvalue weighted by Gasteiger charge is -2.07. The first-order valence-corrected chi connectivity index (χ1v) is 5.85. The van der Waals surface area contributed by atoms with Crippen LogP contribution in [0.4, 0.5) is 5.82 Å². The largest absolute Gasteiger partial charge is 0.476 e. The number of nitriles is 1. The molecule has 8 nitrogen and oxygen atoms in total. The number of hydrogen-bond acceptors (Lipinski definition) is 6. The summed E-state index contributed by atoms with van der Waals surface area (Å²) >= 11 is 0. The predicted octanol–water partition coefficient (Wildman–Crippen LogP) is 0.663. The van der Waals surface area contributed by atoms with Crippen LogP contribution in [-0.2, 0) is 6.54 Å². The molecule has 0 saturated heterocycles. The Morgan fingerprint density at radius 3 is 3.00 bits per heavy atom. The number of pyridine rings is 1. The van der Waals surface area contributed by atoms with Gasteiger partial charge in [0, 0.05) is 12.2 Å². The minimum atomic E-state index is -1.11. The van der Waals surface area contributed by atoms with Gasteiger partial charge in [-0.1, -0.05) is 5.21 Å². The topological polar surface area (TPSA) is 117 Å². The van der Waals surface area contributed by atoms with Crippen LogP contribution in [0.25, 0.3) is 0 Å². The first-order valence-electron chi connectivity index (χ1n) is 5.85. The summed E-state index contributed by atoms with van der Waals surface area (Å²) in [7, 11) is 0. The van der Waals surface area contributed by atoms with E-state index in [1.807, 2.05) is 6.92 Å². The van der Waals surface area contributed by atoms with E-state index in [1.54, 1.807) is 12.1 Å². The van der Waals surface area contributed by atoms with Gasteiger partial charge >= 0.3 is 5.97 Å². The van der Waals surface area contributed by atoms with Crippen molar-refractivity contribution in [1.82, 2.24) is 20.0 Å². The standard InChI is InChI=1S/C12H12N6O2/c1-8-2-3-9(6-13)11(15-8)14-4-5-18-7-10(12(19)20)16-17-18/h2-3,7H,4-5H2,1H3,(H,14,15)(H,19,20). The van der Waals surface area contributed by atoms with Gasteiger partial charge in [0.1, 0.15) is 11.9 Å². The Morgan fingerprint density at radius 2 is 2.35 bits per heavy atom. The summed E-state index contributed by atoms with van der Waals surface area (Å²) in [6, 6.07) is 5.51. The minimum absolute atomic E-state index is 0.101.